The second kappa shape index (κ2) is 12.5. The van der Waals surface area contributed by atoms with E-state index < -0.39 is 34.9 Å². The molecule has 3 aromatic carbocycles. The van der Waals surface area contributed by atoms with E-state index in [0.717, 1.165) is 16.9 Å². The van der Waals surface area contributed by atoms with Crippen LogP contribution in [0.3, 0.4) is 0 Å². The van der Waals surface area contributed by atoms with Crippen LogP contribution >= 0.6 is 0 Å². The lowest BCUT2D eigenvalue weighted by Crippen LogP contribution is -2.46. The molecule has 43 heavy (non-hydrogen) atoms. The van der Waals surface area contributed by atoms with Gasteiger partial charge in [0.2, 0.25) is 11.8 Å². The van der Waals surface area contributed by atoms with Crippen molar-refractivity contribution in [1.82, 2.24) is 0 Å². The van der Waals surface area contributed by atoms with Gasteiger partial charge in [-0.1, -0.05) is 48.9 Å². The first-order valence-corrected chi connectivity index (χ1v) is 14.3. The summed E-state index contributed by atoms with van der Waals surface area (Å²) in [4.78, 5) is 42.6. The first-order valence-electron chi connectivity index (χ1n) is 14.3. The molecule has 4 amide bonds. The summed E-state index contributed by atoms with van der Waals surface area (Å²) in [5.41, 5.74) is -1.53. The molecule has 3 aromatic rings. The molecular weight excluding hydrogens is 557 g/mol. The highest BCUT2D eigenvalue weighted by Crippen LogP contribution is 2.52. The zero-order valence-electron chi connectivity index (χ0n) is 25.1. The van der Waals surface area contributed by atoms with Crippen molar-refractivity contribution >= 4 is 40.6 Å². The Labute approximate surface area is 250 Å². The van der Waals surface area contributed by atoms with E-state index in [9.17, 15) is 14.4 Å². The number of carbonyl (C=O) groups excluding carboxylic acids is 3. The maximum atomic E-state index is 15.3. The van der Waals surface area contributed by atoms with Crippen molar-refractivity contribution in [2.75, 3.05) is 27.0 Å². The number of benzene rings is 3. The zero-order valence-corrected chi connectivity index (χ0v) is 25.1. The van der Waals surface area contributed by atoms with E-state index in [1.54, 1.807) is 69.3 Å². The number of hydrogen-bond donors (Lipinski definition) is 2. The molecular formula is C33H37F3N4O3. The maximum absolute atomic E-state index is 15.3. The van der Waals surface area contributed by atoms with Crippen LogP contribution in [0.1, 0.15) is 64.5 Å². The molecule has 0 unspecified atom stereocenters. The largest absolute Gasteiger partial charge is 0.419 e. The molecule has 1 fully saturated rings. The number of anilines is 4. The van der Waals surface area contributed by atoms with E-state index in [2.05, 4.69) is 10.6 Å². The van der Waals surface area contributed by atoms with Gasteiger partial charge in [-0.25, -0.2) is 4.79 Å². The molecule has 0 bridgehead atoms. The Balaban J connectivity index is 2.10. The highest BCUT2D eigenvalue weighted by atomic mass is 19.4. The van der Waals surface area contributed by atoms with E-state index in [-0.39, 0.29) is 41.4 Å². The number of alkyl halides is 3. The second-order valence-corrected chi connectivity index (χ2v) is 11.7. The molecule has 7 nitrogen and oxygen atoms in total. The van der Waals surface area contributed by atoms with Gasteiger partial charge in [0, 0.05) is 31.1 Å². The lowest BCUT2D eigenvalue weighted by molar-refractivity contribution is -0.136. The number of halogens is 3. The summed E-state index contributed by atoms with van der Waals surface area (Å²) >= 11 is 0. The standard InChI is InChI=1S/C33H37F3N4O3/c1-21-13-12-16-24(19-21)37-31(43)38-29-26(39-18-11-7-10-17-27(39)42)20-25(23-14-8-6-9-15-23)28(33(34,35)36)30(29)40(22(2)41)32(3,4)5/h6,8-9,12-16,19-20H,7,10-11,17-18H2,1-5H3,(H2,37,38,43). The van der Waals surface area contributed by atoms with Crippen LogP contribution in [0.4, 0.5) is 40.7 Å². The Morgan fingerprint density at radius 3 is 2.21 bits per heavy atom. The number of nitrogens with zero attached hydrogens (tertiary/aromatic N) is 2. The highest BCUT2D eigenvalue weighted by molar-refractivity contribution is 6.12. The molecule has 10 heteroatoms. The van der Waals surface area contributed by atoms with Crippen LogP contribution in [-0.4, -0.2) is 29.9 Å². The summed E-state index contributed by atoms with van der Waals surface area (Å²) in [6, 6.07) is 15.5. The summed E-state index contributed by atoms with van der Waals surface area (Å²) in [5.74, 6) is -0.923. The molecule has 1 aliphatic rings. The highest BCUT2D eigenvalue weighted by Gasteiger charge is 2.44. The van der Waals surface area contributed by atoms with Gasteiger partial charge >= 0.3 is 12.2 Å². The van der Waals surface area contributed by atoms with Crippen molar-refractivity contribution in [3.05, 3.63) is 71.8 Å². The Hall–Kier alpha value is -4.34. The van der Waals surface area contributed by atoms with E-state index >= 15 is 13.2 Å². The third-order valence-corrected chi connectivity index (χ3v) is 7.24. The minimum Gasteiger partial charge on any atom is -0.310 e. The fraction of sp³-hybridized carbons (Fsp3) is 0.364. The molecule has 2 N–H and O–H groups in total. The molecule has 0 aromatic heterocycles. The van der Waals surface area contributed by atoms with E-state index in [4.69, 9.17) is 0 Å². The second-order valence-electron chi connectivity index (χ2n) is 11.7. The summed E-state index contributed by atoms with van der Waals surface area (Å²) in [7, 11) is 0. The van der Waals surface area contributed by atoms with Gasteiger partial charge in [0.05, 0.1) is 22.6 Å². The molecule has 1 saturated heterocycles. The van der Waals surface area contributed by atoms with Crippen LogP contribution in [0.2, 0.25) is 0 Å². The smallest absolute Gasteiger partial charge is 0.310 e. The topological polar surface area (TPSA) is 81.8 Å². The molecule has 0 saturated carbocycles. The molecule has 0 atom stereocenters. The van der Waals surface area contributed by atoms with Crippen molar-refractivity contribution in [3.63, 3.8) is 0 Å². The quantitative estimate of drug-likeness (QED) is 0.311. The minimum absolute atomic E-state index is 0.101. The maximum Gasteiger partial charge on any atom is 0.419 e. The van der Waals surface area contributed by atoms with Crippen molar-refractivity contribution < 1.29 is 27.6 Å². The number of amides is 4. The first kappa shape index (κ1) is 31.6. The monoisotopic (exact) mass is 594 g/mol. The molecule has 228 valence electrons. The molecule has 0 spiro atoms. The van der Waals surface area contributed by atoms with Gasteiger partial charge in [0.25, 0.3) is 0 Å². The van der Waals surface area contributed by atoms with E-state index in [1.165, 1.54) is 17.9 Å². The van der Waals surface area contributed by atoms with Gasteiger partial charge < -0.3 is 20.4 Å². The first-order chi connectivity index (χ1) is 20.2. The van der Waals surface area contributed by atoms with E-state index in [1.807, 2.05) is 13.0 Å². The number of aryl methyl sites for hydroxylation is 1. The molecule has 1 heterocycles. The average molecular weight is 595 g/mol. The fourth-order valence-electron chi connectivity index (χ4n) is 5.55. The third-order valence-electron chi connectivity index (χ3n) is 7.24. The van der Waals surface area contributed by atoms with Crippen molar-refractivity contribution in [2.24, 2.45) is 0 Å². The number of rotatable bonds is 5. The number of urea groups is 1. The summed E-state index contributed by atoms with van der Waals surface area (Å²) in [6.07, 6.45) is -2.68. The van der Waals surface area contributed by atoms with Crippen LogP contribution in [0.5, 0.6) is 0 Å². The van der Waals surface area contributed by atoms with Gasteiger partial charge in [0.1, 0.15) is 0 Å². The van der Waals surface area contributed by atoms with Crippen LogP contribution < -0.4 is 20.4 Å². The van der Waals surface area contributed by atoms with Gasteiger partial charge in [-0.3, -0.25) is 9.59 Å². The average Bonchev–Trinajstić information content (AvgIpc) is 3.12. The Morgan fingerprint density at radius 2 is 1.60 bits per heavy atom. The summed E-state index contributed by atoms with van der Waals surface area (Å²) in [5, 5.41) is 5.33. The van der Waals surface area contributed by atoms with Crippen molar-refractivity contribution in [1.29, 1.82) is 0 Å². The number of carbonyl (C=O) groups is 3. The van der Waals surface area contributed by atoms with Crippen LogP contribution in [0.15, 0.2) is 60.7 Å². The lowest BCUT2D eigenvalue weighted by atomic mass is 9.92. The number of hydrogen-bond acceptors (Lipinski definition) is 3. The third kappa shape index (κ3) is 7.18. The molecule has 1 aliphatic heterocycles. The fourth-order valence-corrected chi connectivity index (χ4v) is 5.55. The Bertz CT molecular complexity index is 1510. The van der Waals surface area contributed by atoms with Crippen molar-refractivity contribution in [3.8, 4) is 11.1 Å². The van der Waals surface area contributed by atoms with Gasteiger partial charge in [0.15, 0.2) is 0 Å². The normalized spacial score (nSPS) is 14.2. The van der Waals surface area contributed by atoms with Gasteiger partial charge in [-0.05, 0) is 75.4 Å². The molecule has 0 aliphatic carbocycles. The zero-order chi connectivity index (χ0) is 31.5. The SMILES string of the molecule is CC(=O)N(c1c(NC(=O)Nc2cccc(C)c2)c(N2CCCCCC2=O)cc(-c2ccccc2)c1C(F)(F)F)C(C)(C)C. The lowest BCUT2D eigenvalue weighted by Gasteiger charge is -2.40. The van der Waals surface area contributed by atoms with Gasteiger partial charge in [-0.15, -0.1) is 0 Å². The van der Waals surface area contributed by atoms with Crippen LogP contribution in [0, 0.1) is 6.92 Å². The van der Waals surface area contributed by atoms with Crippen LogP contribution in [-0.2, 0) is 15.8 Å². The summed E-state index contributed by atoms with van der Waals surface area (Å²) in [6.45, 7) is 8.15. The van der Waals surface area contributed by atoms with Crippen LogP contribution in [0.25, 0.3) is 11.1 Å². The number of nitrogens with one attached hydrogen (secondary N) is 2. The van der Waals surface area contributed by atoms with Crippen molar-refractivity contribution in [2.45, 2.75) is 72.0 Å². The molecule has 0 radical (unpaired) electrons. The predicted octanol–water partition coefficient (Wildman–Crippen LogP) is 8.38. The van der Waals surface area contributed by atoms with Gasteiger partial charge in [-0.2, -0.15) is 13.2 Å². The predicted molar refractivity (Wildman–Crippen MR) is 164 cm³/mol. The Morgan fingerprint density at radius 1 is 0.907 bits per heavy atom. The summed E-state index contributed by atoms with van der Waals surface area (Å²) < 4.78 is 45.9. The Kier molecular flexibility index (Phi) is 9.18. The minimum atomic E-state index is -4.94. The van der Waals surface area contributed by atoms with E-state index in [0.29, 0.717) is 18.5 Å². The molecule has 4 rings (SSSR count).